The maximum Gasteiger partial charge on any atom is 0.272 e. The number of fused-ring (bicyclic) bond motifs is 1. The Morgan fingerprint density at radius 2 is 2.00 bits per heavy atom. The first-order valence-electron chi connectivity index (χ1n) is 9.48. The zero-order chi connectivity index (χ0) is 21.5. The molecule has 0 radical (unpaired) electrons. The van der Waals surface area contributed by atoms with Gasteiger partial charge in [0, 0.05) is 40.9 Å². The molecular formula is C22H20FN3O3S. The quantitative estimate of drug-likeness (QED) is 0.357. The summed E-state index contributed by atoms with van der Waals surface area (Å²) in [5.41, 5.74) is 2.68. The number of benzene rings is 1. The number of ether oxygens (including phenoxy) is 1. The highest BCUT2D eigenvalue weighted by molar-refractivity contribution is 7.20. The highest BCUT2D eigenvalue weighted by Crippen LogP contribution is 2.40. The van der Waals surface area contributed by atoms with Gasteiger partial charge in [0.2, 0.25) is 0 Å². The highest BCUT2D eigenvalue weighted by atomic mass is 32.1. The minimum absolute atomic E-state index is 0.0255. The van der Waals surface area contributed by atoms with E-state index in [4.69, 9.17) is 4.74 Å². The Morgan fingerprint density at radius 1 is 1.20 bits per heavy atom. The van der Waals surface area contributed by atoms with E-state index in [1.54, 1.807) is 12.3 Å². The van der Waals surface area contributed by atoms with E-state index in [-0.39, 0.29) is 16.9 Å². The van der Waals surface area contributed by atoms with Crippen LogP contribution in [-0.4, -0.2) is 22.2 Å². The van der Waals surface area contributed by atoms with Gasteiger partial charge in [0.25, 0.3) is 5.69 Å². The lowest BCUT2D eigenvalue weighted by atomic mass is 9.87. The monoisotopic (exact) mass is 425 g/mol. The van der Waals surface area contributed by atoms with Gasteiger partial charge in [0.1, 0.15) is 5.75 Å². The average molecular weight is 425 g/mol. The van der Waals surface area contributed by atoms with Crippen LogP contribution in [0.4, 0.5) is 10.1 Å². The molecule has 3 heterocycles. The van der Waals surface area contributed by atoms with Crippen LogP contribution in [-0.2, 0) is 0 Å². The summed E-state index contributed by atoms with van der Waals surface area (Å²) >= 11 is 1.53. The van der Waals surface area contributed by atoms with Crippen LogP contribution >= 0.6 is 11.3 Å². The minimum Gasteiger partial charge on any atom is -0.453 e. The molecule has 1 aliphatic rings. The number of aliphatic imine (C=N–C) groups is 1. The molecule has 0 atom stereocenters. The summed E-state index contributed by atoms with van der Waals surface area (Å²) in [6.07, 6.45) is 4.60. The largest absolute Gasteiger partial charge is 0.453 e. The normalized spacial score (nSPS) is 14.4. The van der Waals surface area contributed by atoms with E-state index in [0.29, 0.717) is 5.75 Å². The van der Waals surface area contributed by atoms with Crippen molar-refractivity contribution in [2.45, 2.75) is 27.2 Å². The first kappa shape index (κ1) is 20.2. The Bertz CT molecular complexity index is 1210. The molecule has 3 aromatic rings. The fourth-order valence-corrected chi connectivity index (χ4v) is 4.29. The van der Waals surface area contributed by atoms with Gasteiger partial charge in [-0.2, -0.15) is 0 Å². The first-order chi connectivity index (χ1) is 14.2. The van der Waals surface area contributed by atoms with Crippen LogP contribution in [0.1, 0.15) is 32.1 Å². The molecule has 6 nitrogen and oxygen atoms in total. The fourth-order valence-electron chi connectivity index (χ4n) is 3.19. The number of allylic oxidation sites excluding steroid dienone is 1. The number of rotatable bonds is 4. The van der Waals surface area contributed by atoms with Crippen molar-refractivity contribution in [2.24, 2.45) is 10.4 Å². The second-order valence-corrected chi connectivity index (χ2v) is 9.10. The van der Waals surface area contributed by atoms with Crippen LogP contribution in [0.5, 0.6) is 11.5 Å². The number of halogens is 1. The SMILES string of the molecule is CC(C)(C)C1=NCCC(c2cc3nccc(Oc4ccc([N+](=O)[O-])cc4F)c3s2)=C1. The molecule has 1 aliphatic heterocycles. The molecule has 154 valence electrons. The third-order valence-corrected chi connectivity index (χ3v) is 6.00. The molecule has 0 N–H and O–H groups in total. The summed E-state index contributed by atoms with van der Waals surface area (Å²) in [6.45, 7) is 7.17. The Hall–Kier alpha value is -3.13. The van der Waals surface area contributed by atoms with Crippen LogP contribution in [0.3, 0.4) is 0 Å². The van der Waals surface area contributed by atoms with Gasteiger partial charge in [-0.3, -0.25) is 20.1 Å². The molecule has 4 rings (SSSR count). The Kier molecular flexibility index (Phi) is 5.11. The molecule has 0 unspecified atom stereocenters. The van der Waals surface area contributed by atoms with Crippen molar-refractivity contribution in [3.63, 3.8) is 0 Å². The van der Waals surface area contributed by atoms with Gasteiger partial charge in [-0.1, -0.05) is 20.8 Å². The molecule has 1 aromatic carbocycles. The van der Waals surface area contributed by atoms with Crippen molar-refractivity contribution >= 4 is 38.5 Å². The Balaban J connectivity index is 1.69. The van der Waals surface area contributed by atoms with Crippen LogP contribution in [0.25, 0.3) is 15.8 Å². The van der Waals surface area contributed by atoms with Gasteiger partial charge >= 0.3 is 0 Å². The lowest BCUT2D eigenvalue weighted by Crippen LogP contribution is -2.21. The van der Waals surface area contributed by atoms with E-state index >= 15 is 0 Å². The Morgan fingerprint density at radius 3 is 2.70 bits per heavy atom. The standard InChI is InChI=1S/C22H20FN3O3S/c1-22(2,3)20-10-13(6-8-25-20)19-12-16-21(30-19)18(7-9-24-16)29-17-5-4-14(26(27)28)11-15(17)23/h4-5,7,9-12H,6,8H2,1-3H3. The Labute approximate surface area is 176 Å². The summed E-state index contributed by atoms with van der Waals surface area (Å²) < 4.78 is 20.8. The smallest absolute Gasteiger partial charge is 0.272 e. The number of dihydropyridines is 1. The van der Waals surface area contributed by atoms with Crippen molar-refractivity contribution in [3.8, 4) is 11.5 Å². The number of hydrogen-bond donors (Lipinski definition) is 0. The number of thiophene rings is 1. The molecule has 0 saturated heterocycles. The summed E-state index contributed by atoms with van der Waals surface area (Å²) in [4.78, 5) is 20.3. The van der Waals surface area contributed by atoms with Gasteiger partial charge in [0.05, 0.1) is 21.2 Å². The number of non-ortho nitro benzene ring substituents is 1. The van der Waals surface area contributed by atoms with Crippen molar-refractivity contribution in [1.29, 1.82) is 0 Å². The molecule has 0 bridgehead atoms. The van der Waals surface area contributed by atoms with E-state index in [1.165, 1.54) is 29.0 Å². The number of nitrogens with zero attached hydrogens (tertiary/aromatic N) is 3. The van der Waals surface area contributed by atoms with Gasteiger partial charge in [0.15, 0.2) is 11.6 Å². The average Bonchev–Trinajstić information content (AvgIpc) is 3.14. The summed E-state index contributed by atoms with van der Waals surface area (Å²) in [5, 5.41) is 10.8. The molecule has 0 fully saturated rings. The number of pyridine rings is 1. The summed E-state index contributed by atoms with van der Waals surface area (Å²) in [5.74, 6) is -0.390. The predicted molar refractivity (Wildman–Crippen MR) is 117 cm³/mol. The van der Waals surface area contributed by atoms with Crippen molar-refractivity contribution in [2.75, 3.05) is 6.54 Å². The second-order valence-electron chi connectivity index (χ2n) is 8.04. The molecule has 0 saturated carbocycles. The van der Waals surface area contributed by atoms with Crippen molar-refractivity contribution in [3.05, 3.63) is 63.4 Å². The van der Waals surface area contributed by atoms with E-state index in [0.717, 1.165) is 39.8 Å². The van der Waals surface area contributed by atoms with Crippen LogP contribution < -0.4 is 4.74 Å². The van der Waals surface area contributed by atoms with Gasteiger partial charge in [-0.25, -0.2) is 4.39 Å². The van der Waals surface area contributed by atoms with Gasteiger partial charge < -0.3 is 4.74 Å². The van der Waals surface area contributed by atoms with E-state index in [2.05, 4.69) is 36.8 Å². The molecular weight excluding hydrogens is 405 g/mol. The predicted octanol–water partition coefficient (Wildman–Crippen LogP) is 6.41. The zero-order valence-corrected chi connectivity index (χ0v) is 17.6. The maximum absolute atomic E-state index is 14.3. The topological polar surface area (TPSA) is 77.6 Å². The number of nitro benzene ring substituents is 1. The summed E-state index contributed by atoms with van der Waals surface area (Å²) in [7, 11) is 0. The molecule has 30 heavy (non-hydrogen) atoms. The maximum atomic E-state index is 14.3. The number of aromatic nitrogens is 1. The van der Waals surface area contributed by atoms with E-state index in [9.17, 15) is 14.5 Å². The third kappa shape index (κ3) is 3.95. The molecule has 0 spiro atoms. The zero-order valence-electron chi connectivity index (χ0n) is 16.8. The van der Waals surface area contributed by atoms with Crippen molar-refractivity contribution in [1.82, 2.24) is 4.98 Å². The highest BCUT2D eigenvalue weighted by Gasteiger charge is 2.22. The lowest BCUT2D eigenvalue weighted by Gasteiger charge is -2.23. The molecule has 0 amide bonds. The molecule has 8 heteroatoms. The van der Waals surface area contributed by atoms with Crippen LogP contribution in [0.15, 0.2) is 47.6 Å². The van der Waals surface area contributed by atoms with Crippen LogP contribution in [0.2, 0.25) is 0 Å². The van der Waals surface area contributed by atoms with Crippen LogP contribution in [0, 0.1) is 21.3 Å². The van der Waals surface area contributed by atoms with E-state index < -0.39 is 10.7 Å². The first-order valence-corrected chi connectivity index (χ1v) is 10.3. The molecule has 0 aliphatic carbocycles. The number of hydrogen-bond acceptors (Lipinski definition) is 6. The van der Waals surface area contributed by atoms with E-state index in [1.807, 2.05) is 6.07 Å². The lowest BCUT2D eigenvalue weighted by molar-refractivity contribution is -0.385. The minimum atomic E-state index is -0.785. The van der Waals surface area contributed by atoms with Gasteiger partial charge in [-0.15, -0.1) is 11.3 Å². The summed E-state index contributed by atoms with van der Waals surface area (Å²) in [6, 6.07) is 7.02. The second kappa shape index (κ2) is 7.60. The number of nitro groups is 1. The van der Waals surface area contributed by atoms with Gasteiger partial charge in [-0.05, 0) is 30.2 Å². The third-order valence-electron chi connectivity index (χ3n) is 4.78. The van der Waals surface area contributed by atoms with Crippen molar-refractivity contribution < 1.29 is 14.1 Å². The fraction of sp³-hybridized carbons (Fsp3) is 0.273. The molecule has 2 aromatic heterocycles.